The lowest BCUT2D eigenvalue weighted by Gasteiger charge is -2.11. The van der Waals surface area contributed by atoms with Crippen molar-refractivity contribution < 1.29 is 9.13 Å². The molecule has 1 heterocycles. The number of aromatic nitrogens is 1. The Balaban J connectivity index is 2.07. The summed E-state index contributed by atoms with van der Waals surface area (Å²) in [6.45, 7) is 0. The third-order valence-corrected chi connectivity index (χ3v) is 3.38. The van der Waals surface area contributed by atoms with Gasteiger partial charge in [0.15, 0.2) is 0 Å². The second-order valence-corrected chi connectivity index (χ2v) is 4.93. The molecular formula is C16H12ClFN2O. The van der Waals surface area contributed by atoms with Gasteiger partial charge in [-0.25, -0.2) is 4.39 Å². The van der Waals surface area contributed by atoms with E-state index in [4.69, 9.17) is 16.3 Å². The van der Waals surface area contributed by atoms with Crippen LogP contribution < -0.4 is 10.1 Å². The number of rotatable bonds is 3. The summed E-state index contributed by atoms with van der Waals surface area (Å²) in [5.41, 5.74) is 1.91. The van der Waals surface area contributed by atoms with Crippen LogP contribution in [0.4, 0.5) is 15.8 Å². The summed E-state index contributed by atoms with van der Waals surface area (Å²) < 4.78 is 19.1. The number of pyridine rings is 1. The standard InChI is InChI=1S/C16H12ClFN2O/c1-21-11-3-5-14-12(9-11)15(6-7-19-14)20-16-4-2-10(17)8-13(16)18/h2-9H,1H3,(H,19,20). The van der Waals surface area contributed by atoms with E-state index in [0.29, 0.717) is 10.7 Å². The Kier molecular flexibility index (Phi) is 3.62. The van der Waals surface area contributed by atoms with E-state index < -0.39 is 5.82 Å². The molecule has 3 aromatic rings. The van der Waals surface area contributed by atoms with Crippen LogP contribution in [0.5, 0.6) is 5.75 Å². The quantitative estimate of drug-likeness (QED) is 0.756. The first kappa shape index (κ1) is 13.6. The van der Waals surface area contributed by atoms with E-state index in [0.717, 1.165) is 22.3 Å². The highest BCUT2D eigenvalue weighted by atomic mass is 35.5. The monoisotopic (exact) mass is 302 g/mol. The number of hydrogen-bond acceptors (Lipinski definition) is 3. The van der Waals surface area contributed by atoms with Gasteiger partial charge in [-0.3, -0.25) is 4.98 Å². The predicted octanol–water partition coefficient (Wildman–Crippen LogP) is 4.78. The van der Waals surface area contributed by atoms with Crippen molar-refractivity contribution in [1.82, 2.24) is 4.98 Å². The Morgan fingerprint density at radius 2 is 1.95 bits per heavy atom. The molecule has 2 aromatic carbocycles. The van der Waals surface area contributed by atoms with Gasteiger partial charge in [-0.05, 0) is 42.5 Å². The van der Waals surface area contributed by atoms with Gasteiger partial charge in [-0.1, -0.05) is 11.6 Å². The Morgan fingerprint density at radius 3 is 2.71 bits per heavy atom. The highest BCUT2D eigenvalue weighted by Gasteiger charge is 2.07. The van der Waals surface area contributed by atoms with Crippen LogP contribution in [0.1, 0.15) is 0 Å². The highest BCUT2D eigenvalue weighted by molar-refractivity contribution is 6.30. The van der Waals surface area contributed by atoms with Crippen LogP contribution in [-0.2, 0) is 0 Å². The molecule has 0 saturated carbocycles. The third kappa shape index (κ3) is 2.76. The molecule has 5 heteroatoms. The number of benzene rings is 2. The number of halogens is 2. The minimum Gasteiger partial charge on any atom is -0.497 e. The fourth-order valence-electron chi connectivity index (χ4n) is 2.10. The molecule has 1 N–H and O–H groups in total. The number of nitrogens with zero attached hydrogens (tertiary/aromatic N) is 1. The molecule has 0 saturated heterocycles. The topological polar surface area (TPSA) is 34.1 Å². The molecule has 3 nitrogen and oxygen atoms in total. The molecule has 3 rings (SSSR count). The van der Waals surface area contributed by atoms with Crippen LogP contribution in [0.3, 0.4) is 0 Å². The van der Waals surface area contributed by atoms with Crippen molar-refractivity contribution in [2.75, 3.05) is 12.4 Å². The van der Waals surface area contributed by atoms with Gasteiger partial charge in [0.25, 0.3) is 0 Å². The second-order valence-electron chi connectivity index (χ2n) is 4.49. The summed E-state index contributed by atoms with van der Waals surface area (Å²) in [7, 11) is 1.60. The van der Waals surface area contributed by atoms with Crippen molar-refractivity contribution in [2.45, 2.75) is 0 Å². The summed E-state index contributed by atoms with van der Waals surface area (Å²) in [4.78, 5) is 4.29. The fourth-order valence-corrected chi connectivity index (χ4v) is 2.26. The molecule has 0 fully saturated rings. The van der Waals surface area contributed by atoms with Crippen molar-refractivity contribution in [1.29, 1.82) is 0 Å². The molecule has 106 valence electrons. The normalized spacial score (nSPS) is 10.6. The molecule has 21 heavy (non-hydrogen) atoms. The molecule has 0 aliphatic rings. The molecule has 0 aliphatic carbocycles. The molecule has 0 bridgehead atoms. The number of anilines is 2. The summed E-state index contributed by atoms with van der Waals surface area (Å²) >= 11 is 5.76. The van der Waals surface area contributed by atoms with Gasteiger partial charge in [0.2, 0.25) is 0 Å². The van der Waals surface area contributed by atoms with Crippen molar-refractivity contribution >= 4 is 33.9 Å². The number of methoxy groups -OCH3 is 1. The van der Waals surface area contributed by atoms with Gasteiger partial charge < -0.3 is 10.1 Å². The molecule has 0 radical (unpaired) electrons. The lowest BCUT2D eigenvalue weighted by Crippen LogP contribution is -1.96. The Hall–Kier alpha value is -2.33. The third-order valence-electron chi connectivity index (χ3n) is 3.15. The van der Waals surface area contributed by atoms with Gasteiger partial charge >= 0.3 is 0 Å². The van der Waals surface area contributed by atoms with Gasteiger partial charge in [0.05, 0.1) is 18.3 Å². The average Bonchev–Trinajstić information content (AvgIpc) is 2.50. The van der Waals surface area contributed by atoms with Crippen LogP contribution in [0.2, 0.25) is 5.02 Å². The van der Waals surface area contributed by atoms with E-state index in [2.05, 4.69) is 10.3 Å². The van der Waals surface area contributed by atoms with Crippen molar-refractivity contribution in [3.05, 3.63) is 59.5 Å². The van der Waals surface area contributed by atoms with Crippen LogP contribution in [0.15, 0.2) is 48.7 Å². The van der Waals surface area contributed by atoms with E-state index in [9.17, 15) is 4.39 Å². The van der Waals surface area contributed by atoms with E-state index >= 15 is 0 Å². The number of fused-ring (bicyclic) bond motifs is 1. The minimum absolute atomic E-state index is 0.356. The van der Waals surface area contributed by atoms with E-state index in [1.807, 2.05) is 18.2 Å². The summed E-state index contributed by atoms with van der Waals surface area (Å²) in [5.74, 6) is 0.311. The molecule has 0 spiro atoms. The smallest absolute Gasteiger partial charge is 0.148 e. The SMILES string of the molecule is COc1ccc2nccc(Nc3ccc(Cl)cc3F)c2c1. The molecular weight excluding hydrogens is 291 g/mol. The van der Waals surface area contributed by atoms with Crippen molar-refractivity contribution in [3.63, 3.8) is 0 Å². The second kappa shape index (κ2) is 5.58. The van der Waals surface area contributed by atoms with Gasteiger partial charge in [0, 0.05) is 22.3 Å². The molecule has 0 aliphatic heterocycles. The maximum Gasteiger partial charge on any atom is 0.148 e. The minimum atomic E-state index is -0.407. The number of ether oxygens (including phenoxy) is 1. The first-order valence-corrected chi connectivity index (χ1v) is 6.70. The van der Waals surface area contributed by atoms with E-state index in [1.165, 1.54) is 6.07 Å². The maximum atomic E-state index is 13.9. The summed E-state index contributed by atoms with van der Waals surface area (Å²) in [6.07, 6.45) is 1.67. The molecule has 0 amide bonds. The van der Waals surface area contributed by atoms with E-state index in [1.54, 1.807) is 31.5 Å². The van der Waals surface area contributed by atoms with Crippen molar-refractivity contribution in [3.8, 4) is 5.75 Å². The summed E-state index contributed by atoms with van der Waals surface area (Å²) in [5, 5.41) is 4.28. The van der Waals surface area contributed by atoms with Crippen LogP contribution in [-0.4, -0.2) is 12.1 Å². The molecule has 0 unspecified atom stereocenters. The zero-order chi connectivity index (χ0) is 14.8. The van der Waals surface area contributed by atoms with E-state index in [-0.39, 0.29) is 0 Å². The maximum absolute atomic E-state index is 13.9. The van der Waals surface area contributed by atoms with Crippen molar-refractivity contribution in [2.24, 2.45) is 0 Å². The highest BCUT2D eigenvalue weighted by Crippen LogP contribution is 2.29. The van der Waals surface area contributed by atoms with Crippen LogP contribution in [0.25, 0.3) is 10.9 Å². The first-order chi connectivity index (χ1) is 10.2. The first-order valence-electron chi connectivity index (χ1n) is 6.32. The Labute approximate surface area is 126 Å². The van der Waals surface area contributed by atoms with Gasteiger partial charge in [-0.2, -0.15) is 0 Å². The van der Waals surface area contributed by atoms with Crippen LogP contribution in [0, 0.1) is 5.82 Å². The predicted molar refractivity (Wildman–Crippen MR) is 83.0 cm³/mol. The Morgan fingerprint density at radius 1 is 1.10 bits per heavy atom. The fraction of sp³-hybridized carbons (Fsp3) is 0.0625. The number of hydrogen-bond donors (Lipinski definition) is 1. The average molecular weight is 303 g/mol. The van der Waals surface area contributed by atoms with Crippen LogP contribution >= 0.6 is 11.6 Å². The van der Waals surface area contributed by atoms with Gasteiger partial charge in [-0.15, -0.1) is 0 Å². The Bertz CT molecular complexity index is 807. The lowest BCUT2D eigenvalue weighted by atomic mass is 10.1. The lowest BCUT2D eigenvalue weighted by molar-refractivity contribution is 0.415. The zero-order valence-electron chi connectivity index (χ0n) is 11.2. The summed E-state index contributed by atoms with van der Waals surface area (Å²) in [6, 6.07) is 11.8. The van der Waals surface area contributed by atoms with Gasteiger partial charge in [0.1, 0.15) is 11.6 Å². The zero-order valence-corrected chi connectivity index (χ0v) is 12.0. The largest absolute Gasteiger partial charge is 0.497 e. The molecule has 1 aromatic heterocycles. The molecule has 0 atom stereocenters. The number of nitrogens with one attached hydrogen (secondary N) is 1.